The number of hydrogen-bond donors (Lipinski definition) is 1. The average Bonchev–Trinajstić information content (AvgIpc) is 3.11. The minimum Gasteiger partial charge on any atom is -0.363 e. The first-order valence-electron chi connectivity index (χ1n) is 10.9. The maximum atomic E-state index is 15.1. The van der Waals surface area contributed by atoms with E-state index in [-0.39, 0.29) is 33.3 Å². The third-order valence-electron chi connectivity index (χ3n) is 5.98. The van der Waals surface area contributed by atoms with Crippen LogP contribution in [0, 0.1) is 11.6 Å². The van der Waals surface area contributed by atoms with Crippen LogP contribution in [0.15, 0.2) is 36.7 Å². The summed E-state index contributed by atoms with van der Waals surface area (Å²) in [6, 6.07) is 4.47. The van der Waals surface area contributed by atoms with E-state index in [2.05, 4.69) is 15.3 Å². The van der Waals surface area contributed by atoms with Gasteiger partial charge in [-0.15, -0.1) is 0 Å². The van der Waals surface area contributed by atoms with Crippen LogP contribution in [0.4, 0.5) is 19.0 Å². The molecule has 1 atom stereocenters. The Bertz CT molecular complexity index is 1280. The second kappa shape index (κ2) is 8.91. The molecule has 1 aliphatic rings. The van der Waals surface area contributed by atoms with Crippen LogP contribution in [0.5, 0.6) is 0 Å². The Hall–Kier alpha value is -3.13. The van der Waals surface area contributed by atoms with Crippen LogP contribution < -0.4 is 5.32 Å². The van der Waals surface area contributed by atoms with Crippen LogP contribution in [0.2, 0.25) is 5.02 Å². The first kappa shape index (κ1) is 24.0. The normalized spacial score (nSPS) is 14.4. The van der Waals surface area contributed by atoms with Gasteiger partial charge >= 0.3 is 0 Å². The fourth-order valence-corrected chi connectivity index (χ4v) is 4.41. The van der Waals surface area contributed by atoms with Crippen molar-refractivity contribution in [1.29, 1.82) is 0 Å². The molecule has 0 aliphatic carbocycles. The zero-order chi connectivity index (χ0) is 24.8. The predicted molar refractivity (Wildman–Crippen MR) is 125 cm³/mol. The highest BCUT2D eigenvalue weighted by molar-refractivity contribution is 6.31. The van der Waals surface area contributed by atoms with Gasteiger partial charge in [-0.1, -0.05) is 11.6 Å². The highest BCUT2D eigenvalue weighted by atomic mass is 35.5. The van der Waals surface area contributed by atoms with Crippen molar-refractivity contribution in [3.05, 3.63) is 75.6 Å². The van der Waals surface area contributed by atoms with E-state index in [0.717, 1.165) is 17.7 Å². The van der Waals surface area contributed by atoms with E-state index in [4.69, 9.17) is 11.6 Å². The largest absolute Gasteiger partial charge is 0.363 e. The van der Waals surface area contributed by atoms with Gasteiger partial charge < -0.3 is 10.2 Å². The topological polar surface area (TPSA) is 58.1 Å². The number of rotatable bonds is 6. The van der Waals surface area contributed by atoms with Gasteiger partial charge in [0.1, 0.15) is 23.1 Å². The molecule has 3 heterocycles. The number of aromatic nitrogens is 2. The van der Waals surface area contributed by atoms with E-state index in [0.29, 0.717) is 24.5 Å². The van der Waals surface area contributed by atoms with Crippen molar-refractivity contribution in [2.24, 2.45) is 0 Å². The van der Waals surface area contributed by atoms with E-state index < -0.39 is 23.3 Å². The fourth-order valence-electron chi connectivity index (χ4n) is 4.08. The number of carbonyl (C=O) groups excluding carboxylic acids is 1. The summed E-state index contributed by atoms with van der Waals surface area (Å²) in [5, 5.41) is 3.21. The van der Waals surface area contributed by atoms with Gasteiger partial charge in [0.25, 0.3) is 5.91 Å². The van der Waals surface area contributed by atoms with Gasteiger partial charge in [0.2, 0.25) is 0 Å². The van der Waals surface area contributed by atoms with E-state index in [9.17, 15) is 9.18 Å². The van der Waals surface area contributed by atoms with Crippen molar-refractivity contribution in [3.63, 3.8) is 0 Å². The molecular formula is C25H24ClF3N4O. The molecule has 9 heteroatoms. The van der Waals surface area contributed by atoms with Gasteiger partial charge in [0.15, 0.2) is 0 Å². The van der Waals surface area contributed by atoms with Crippen LogP contribution in [0.1, 0.15) is 60.8 Å². The van der Waals surface area contributed by atoms with Crippen molar-refractivity contribution in [2.45, 2.75) is 46.0 Å². The Balaban J connectivity index is 1.65. The van der Waals surface area contributed by atoms with Crippen LogP contribution in [0.3, 0.4) is 0 Å². The highest BCUT2D eigenvalue weighted by Crippen LogP contribution is 2.36. The number of nitrogens with one attached hydrogen (secondary N) is 1. The standard InChI is InChI=1S/C25H24ClF3N4O/c1-5-33-12-17-14(24(33)34)6-7-30-23(17)32-13(2)15-8-21(28)16(9-20(15)27)22-10-18(25(3,4)29)19(26)11-31-22/h6-11,13H,5,12H2,1-4H3,(H,30,32). The first-order chi connectivity index (χ1) is 16.0. The summed E-state index contributed by atoms with van der Waals surface area (Å²) in [4.78, 5) is 22.5. The minimum absolute atomic E-state index is 0.0782. The molecule has 5 nitrogen and oxygen atoms in total. The zero-order valence-electron chi connectivity index (χ0n) is 19.2. The van der Waals surface area contributed by atoms with Gasteiger partial charge in [-0.05, 0) is 52.0 Å². The first-order valence-corrected chi connectivity index (χ1v) is 11.3. The Kier molecular flexibility index (Phi) is 6.29. The summed E-state index contributed by atoms with van der Waals surface area (Å²) in [6.07, 6.45) is 2.74. The Morgan fingerprint density at radius 2 is 1.91 bits per heavy atom. The quantitative estimate of drug-likeness (QED) is 0.434. The fraction of sp³-hybridized carbons (Fsp3) is 0.320. The summed E-state index contributed by atoms with van der Waals surface area (Å²) in [5.41, 5.74) is -0.303. The summed E-state index contributed by atoms with van der Waals surface area (Å²) < 4.78 is 44.7. The summed E-state index contributed by atoms with van der Waals surface area (Å²) in [5.74, 6) is -0.995. The highest BCUT2D eigenvalue weighted by Gasteiger charge is 2.30. The molecule has 0 radical (unpaired) electrons. The van der Waals surface area contributed by atoms with Crippen molar-refractivity contribution in [1.82, 2.24) is 14.9 Å². The van der Waals surface area contributed by atoms with Crippen molar-refractivity contribution in [2.75, 3.05) is 11.9 Å². The number of carbonyl (C=O) groups is 1. The van der Waals surface area contributed by atoms with Crippen LogP contribution >= 0.6 is 11.6 Å². The summed E-state index contributed by atoms with van der Waals surface area (Å²) in [7, 11) is 0. The van der Waals surface area contributed by atoms with Crippen LogP contribution in [-0.4, -0.2) is 27.3 Å². The SMILES string of the molecule is CCN1Cc2c(ccnc2NC(C)c2cc(F)c(-c3cc(C(C)(C)F)c(Cl)cn3)cc2F)C1=O. The molecule has 1 aliphatic heterocycles. The number of pyridine rings is 2. The zero-order valence-corrected chi connectivity index (χ0v) is 20.0. The molecule has 0 bridgehead atoms. The molecule has 1 N–H and O–H groups in total. The number of anilines is 1. The van der Waals surface area contributed by atoms with Gasteiger partial charge in [-0.25, -0.2) is 18.2 Å². The van der Waals surface area contributed by atoms with Crippen LogP contribution in [0.25, 0.3) is 11.3 Å². The maximum absolute atomic E-state index is 15.1. The molecule has 2 aromatic heterocycles. The third-order valence-corrected chi connectivity index (χ3v) is 6.28. The predicted octanol–water partition coefficient (Wildman–Crippen LogP) is 6.43. The monoisotopic (exact) mass is 488 g/mol. The average molecular weight is 489 g/mol. The number of hydrogen-bond acceptors (Lipinski definition) is 4. The van der Waals surface area contributed by atoms with Gasteiger partial charge in [0.05, 0.1) is 23.3 Å². The molecule has 0 spiro atoms. The van der Waals surface area contributed by atoms with Crippen molar-refractivity contribution >= 4 is 23.3 Å². The lowest BCUT2D eigenvalue weighted by Crippen LogP contribution is -2.22. The van der Waals surface area contributed by atoms with Crippen LogP contribution in [-0.2, 0) is 12.2 Å². The van der Waals surface area contributed by atoms with Gasteiger partial charge in [-0.3, -0.25) is 9.78 Å². The van der Waals surface area contributed by atoms with Crippen molar-refractivity contribution in [3.8, 4) is 11.3 Å². The van der Waals surface area contributed by atoms with Gasteiger partial charge in [0, 0.05) is 46.8 Å². The number of benzene rings is 1. The summed E-state index contributed by atoms with van der Waals surface area (Å²) in [6.45, 7) is 7.18. The number of amides is 1. The Labute approximate surface area is 201 Å². The van der Waals surface area contributed by atoms with Gasteiger partial charge in [-0.2, -0.15) is 0 Å². The molecule has 4 rings (SSSR count). The molecule has 178 valence electrons. The molecule has 1 amide bonds. The lowest BCUT2D eigenvalue weighted by Gasteiger charge is -2.19. The molecular weight excluding hydrogens is 465 g/mol. The number of alkyl halides is 1. The number of nitrogens with zero attached hydrogens (tertiary/aromatic N) is 3. The van der Waals surface area contributed by atoms with Crippen molar-refractivity contribution < 1.29 is 18.0 Å². The second-order valence-corrected chi connectivity index (χ2v) is 9.15. The number of halogens is 4. The maximum Gasteiger partial charge on any atom is 0.254 e. The smallest absolute Gasteiger partial charge is 0.254 e. The Morgan fingerprint density at radius 1 is 1.18 bits per heavy atom. The second-order valence-electron chi connectivity index (χ2n) is 8.75. The molecule has 34 heavy (non-hydrogen) atoms. The molecule has 0 fully saturated rings. The molecule has 1 aromatic carbocycles. The molecule has 1 unspecified atom stereocenters. The van der Waals surface area contributed by atoms with E-state index >= 15 is 8.78 Å². The third kappa shape index (κ3) is 4.34. The summed E-state index contributed by atoms with van der Waals surface area (Å²) >= 11 is 6.04. The van der Waals surface area contributed by atoms with E-state index in [1.165, 1.54) is 32.3 Å². The molecule has 3 aromatic rings. The van der Waals surface area contributed by atoms with E-state index in [1.807, 2.05) is 6.92 Å². The lowest BCUT2D eigenvalue weighted by atomic mass is 9.97. The Morgan fingerprint density at radius 3 is 2.59 bits per heavy atom. The molecule has 0 saturated carbocycles. The molecule has 0 saturated heterocycles. The number of fused-ring (bicyclic) bond motifs is 1. The minimum atomic E-state index is -1.78. The van der Waals surface area contributed by atoms with E-state index in [1.54, 1.807) is 17.9 Å². The lowest BCUT2D eigenvalue weighted by molar-refractivity contribution is 0.0787.